The summed E-state index contributed by atoms with van der Waals surface area (Å²) >= 11 is 0. The molecular weight excluding hydrogens is 401 g/mol. The van der Waals surface area contributed by atoms with Gasteiger partial charge in [-0.2, -0.15) is 13.2 Å². The minimum atomic E-state index is -4.51. The first kappa shape index (κ1) is 23.1. The average molecular weight is 422 g/mol. The van der Waals surface area contributed by atoms with Gasteiger partial charge in [0.25, 0.3) is 0 Å². The van der Waals surface area contributed by atoms with Crippen molar-refractivity contribution in [2.45, 2.75) is 24.9 Å². The molecule has 30 heavy (non-hydrogen) atoms. The molecule has 0 radical (unpaired) electrons. The SMILES string of the molecule is COC(=O)C(CC(CC(=O)c1ccccc1)c1ccc(C(F)(F)F)cc1)C(=O)OC. The number of carbonyl (C=O) groups is 3. The summed E-state index contributed by atoms with van der Waals surface area (Å²) in [6.07, 6.45) is -4.77. The summed E-state index contributed by atoms with van der Waals surface area (Å²) in [6.45, 7) is 0. The summed E-state index contributed by atoms with van der Waals surface area (Å²) < 4.78 is 48.0. The second-order valence-corrected chi connectivity index (χ2v) is 6.64. The van der Waals surface area contributed by atoms with E-state index in [2.05, 4.69) is 9.47 Å². The fourth-order valence-electron chi connectivity index (χ4n) is 3.10. The van der Waals surface area contributed by atoms with Gasteiger partial charge in [-0.3, -0.25) is 14.4 Å². The highest BCUT2D eigenvalue weighted by atomic mass is 19.4. The van der Waals surface area contributed by atoms with Crippen LogP contribution in [-0.2, 0) is 25.2 Å². The van der Waals surface area contributed by atoms with Crippen molar-refractivity contribution in [2.75, 3.05) is 14.2 Å². The van der Waals surface area contributed by atoms with E-state index in [-0.39, 0.29) is 18.6 Å². The van der Waals surface area contributed by atoms with E-state index < -0.39 is 35.5 Å². The van der Waals surface area contributed by atoms with Crippen molar-refractivity contribution in [2.24, 2.45) is 5.92 Å². The third-order valence-corrected chi connectivity index (χ3v) is 4.73. The summed E-state index contributed by atoms with van der Waals surface area (Å²) in [6, 6.07) is 12.7. The fourth-order valence-corrected chi connectivity index (χ4v) is 3.10. The molecule has 0 aliphatic carbocycles. The van der Waals surface area contributed by atoms with Crippen molar-refractivity contribution in [3.63, 3.8) is 0 Å². The number of ether oxygens (including phenoxy) is 2. The van der Waals surface area contributed by atoms with Crippen LogP contribution in [0.25, 0.3) is 0 Å². The third kappa shape index (κ3) is 5.92. The zero-order valence-corrected chi connectivity index (χ0v) is 16.4. The first-order chi connectivity index (χ1) is 14.2. The molecule has 0 aliphatic rings. The van der Waals surface area contributed by atoms with Gasteiger partial charge in [-0.1, -0.05) is 42.5 Å². The lowest BCUT2D eigenvalue weighted by Gasteiger charge is -2.21. The number of rotatable bonds is 8. The molecule has 2 rings (SSSR count). The normalized spacial score (nSPS) is 12.3. The van der Waals surface area contributed by atoms with E-state index in [1.54, 1.807) is 30.3 Å². The van der Waals surface area contributed by atoms with Gasteiger partial charge in [-0.25, -0.2) is 0 Å². The Morgan fingerprint density at radius 2 is 1.40 bits per heavy atom. The van der Waals surface area contributed by atoms with E-state index in [4.69, 9.17) is 0 Å². The van der Waals surface area contributed by atoms with Crippen LogP contribution in [-0.4, -0.2) is 31.9 Å². The predicted octanol–water partition coefficient (Wildman–Crippen LogP) is 4.41. The van der Waals surface area contributed by atoms with Crippen LogP contribution in [0.2, 0.25) is 0 Å². The molecule has 8 heteroatoms. The molecule has 0 bridgehead atoms. The molecule has 0 saturated carbocycles. The monoisotopic (exact) mass is 422 g/mol. The first-order valence-electron chi connectivity index (χ1n) is 9.08. The molecule has 160 valence electrons. The standard InChI is InChI=1S/C22H21F3O5/c1-29-20(27)18(21(28)30-2)12-16(13-19(26)15-6-4-3-5-7-15)14-8-10-17(11-9-14)22(23,24)25/h3-11,16,18H,12-13H2,1-2H3. The van der Waals surface area contributed by atoms with E-state index in [1.807, 2.05) is 0 Å². The second kappa shape index (κ2) is 10.0. The predicted molar refractivity (Wildman–Crippen MR) is 102 cm³/mol. The van der Waals surface area contributed by atoms with E-state index >= 15 is 0 Å². The molecular formula is C22H21F3O5. The maximum Gasteiger partial charge on any atom is 0.416 e. The summed E-state index contributed by atoms with van der Waals surface area (Å²) in [5.41, 5.74) is -0.0240. The number of alkyl halides is 3. The number of hydrogen-bond acceptors (Lipinski definition) is 5. The number of halogens is 3. The molecule has 0 amide bonds. The van der Waals surface area contributed by atoms with Crippen molar-refractivity contribution in [1.82, 2.24) is 0 Å². The van der Waals surface area contributed by atoms with E-state index in [1.165, 1.54) is 12.1 Å². The maximum absolute atomic E-state index is 12.9. The lowest BCUT2D eigenvalue weighted by molar-refractivity contribution is -0.159. The summed E-state index contributed by atoms with van der Waals surface area (Å²) in [5.74, 6) is -3.97. The molecule has 1 unspecified atom stereocenters. The van der Waals surface area contributed by atoms with Gasteiger partial charge in [-0.15, -0.1) is 0 Å². The molecule has 0 aromatic heterocycles. The summed E-state index contributed by atoms with van der Waals surface area (Å²) in [5, 5.41) is 0. The van der Waals surface area contributed by atoms with Crippen molar-refractivity contribution >= 4 is 17.7 Å². The molecule has 0 aliphatic heterocycles. The van der Waals surface area contributed by atoms with Gasteiger partial charge >= 0.3 is 18.1 Å². The molecule has 0 fully saturated rings. The Bertz CT molecular complexity index is 860. The molecule has 2 aromatic carbocycles. The van der Waals surface area contributed by atoms with Crippen LogP contribution in [0.4, 0.5) is 13.2 Å². The van der Waals surface area contributed by atoms with Crippen LogP contribution < -0.4 is 0 Å². The largest absolute Gasteiger partial charge is 0.468 e. The molecule has 0 saturated heterocycles. The van der Waals surface area contributed by atoms with Crippen LogP contribution in [0.5, 0.6) is 0 Å². The van der Waals surface area contributed by atoms with Crippen LogP contribution in [0.3, 0.4) is 0 Å². The number of methoxy groups -OCH3 is 2. The number of esters is 2. The van der Waals surface area contributed by atoms with Crippen LogP contribution in [0.15, 0.2) is 54.6 Å². The highest BCUT2D eigenvalue weighted by molar-refractivity contribution is 5.97. The number of benzene rings is 2. The Morgan fingerprint density at radius 3 is 1.87 bits per heavy atom. The van der Waals surface area contributed by atoms with Crippen molar-refractivity contribution in [3.05, 3.63) is 71.3 Å². The molecule has 0 N–H and O–H groups in total. The van der Waals surface area contributed by atoms with Crippen LogP contribution in [0.1, 0.15) is 40.2 Å². The molecule has 0 heterocycles. The van der Waals surface area contributed by atoms with Gasteiger partial charge < -0.3 is 9.47 Å². The van der Waals surface area contributed by atoms with Gasteiger partial charge in [0, 0.05) is 12.0 Å². The maximum atomic E-state index is 12.9. The minimum Gasteiger partial charge on any atom is -0.468 e. The molecule has 2 aromatic rings. The quantitative estimate of drug-likeness (QED) is 0.358. The van der Waals surface area contributed by atoms with E-state index in [0.29, 0.717) is 11.1 Å². The van der Waals surface area contributed by atoms with Gasteiger partial charge in [0.2, 0.25) is 0 Å². The highest BCUT2D eigenvalue weighted by Crippen LogP contribution is 2.34. The van der Waals surface area contributed by atoms with Crippen LogP contribution >= 0.6 is 0 Å². The average Bonchev–Trinajstić information content (AvgIpc) is 2.75. The van der Waals surface area contributed by atoms with Gasteiger partial charge in [0.15, 0.2) is 11.7 Å². The molecule has 1 atom stereocenters. The second-order valence-electron chi connectivity index (χ2n) is 6.64. The smallest absolute Gasteiger partial charge is 0.416 e. The number of hydrogen-bond donors (Lipinski definition) is 0. The highest BCUT2D eigenvalue weighted by Gasteiger charge is 2.34. The topological polar surface area (TPSA) is 69.7 Å². The zero-order chi connectivity index (χ0) is 22.3. The van der Waals surface area contributed by atoms with E-state index in [0.717, 1.165) is 26.4 Å². The van der Waals surface area contributed by atoms with Crippen molar-refractivity contribution in [3.8, 4) is 0 Å². The lowest BCUT2D eigenvalue weighted by Crippen LogP contribution is -2.29. The van der Waals surface area contributed by atoms with Crippen molar-refractivity contribution in [1.29, 1.82) is 0 Å². The molecule has 5 nitrogen and oxygen atoms in total. The van der Waals surface area contributed by atoms with Crippen LogP contribution in [0, 0.1) is 5.92 Å². The minimum absolute atomic E-state index is 0.111. The van der Waals surface area contributed by atoms with E-state index in [9.17, 15) is 27.6 Å². The van der Waals surface area contributed by atoms with Gasteiger partial charge in [0.1, 0.15) is 0 Å². The Morgan fingerprint density at radius 1 is 0.867 bits per heavy atom. The first-order valence-corrected chi connectivity index (χ1v) is 9.08. The van der Waals surface area contributed by atoms with Gasteiger partial charge in [-0.05, 0) is 30.0 Å². The van der Waals surface area contributed by atoms with Gasteiger partial charge in [0.05, 0.1) is 19.8 Å². The Kier molecular flexibility index (Phi) is 7.74. The Hall–Kier alpha value is -3.16. The Labute approximate surface area is 171 Å². The fraction of sp³-hybridized carbons (Fsp3) is 0.318. The lowest BCUT2D eigenvalue weighted by atomic mass is 9.83. The zero-order valence-electron chi connectivity index (χ0n) is 16.4. The summed E-state index contributed by atoms with van der Waals surface area (Å²) in [4.78, 5) is 36.8. The Balaban J connectivity index is 2.37. The molecule has 0 spiro atoms. The third-order valence-electron chi connectivity index (χ3n) is 4.73. The number of ketones is 1. The number of carbonyl (C=O) groups excluding carboxylic acids is 3. The summed E-state index contributed by atoms with van der Waals surface area (Å²) in [7, 11) is 2.22. The number of Topliss-reactive ketones (excluding diaryl/α,β-unsaturated/α-hetero) is 1. The van der Waals surface area contributed by atoms with Crippen molar-refractivity contribution < 1.29 is 37.0 Å².